The Labute approximate surface area is 182 Å². The van der Waals surface area contributed by atoms with E-state index in [0.29, 0.717) is 24.2 Å². The summed E-state index contributed by atoms with van der Waals surface area (Å²) in [6.07, 6.45) is 5.61. The molecular weight excluding hydrogens is 392 g/mol. The van der Waals surface area contributed by atoms with Crippen LogP contribution in [0.2, 0.25) is 0 Å². The highest BCUT2D eigenvalue weighted by Crippen LogP contribution is 2.27. The highest BCUT2D eigenvalue weighted by molar-refractivity contribution is 5.99. The number of fused-ring (bicyclic) bond motifs is 1. The van der Waals surface area contributed by atoms with E-state index >= 15 is 0 Å². The Morgan fingerprint density at radius 2 is 1.71 bits per heavy atom. The molecule has 1 aliphatic carbocycles. The molecule has 6 heteroatoms. The van der Waals surface area contributed by atoms with Crippen molar-refractivity contribution in [3.05, 3.63) is 65.2 Å². The van der Waals surface area contributed by atoms with E-state index in [4.69, 9.17) is 4.74 Å². The van der Waals surface area contributed by atoms with Crippen molar-refractivity contribution < 1.29 is 19.1 Å². The molecule has 1 unspecified atom stereocenters. The third-order valence-electron chi connectivity index (χ3n) is 6.34. The molecule has 1 heterocycles. The number of carbonyl (C=O) groups excluding carboxylic acids is 3. The molecule has 1 aliphatic heterocycles. The molecule has 0 saturated heterocycles. The summed E-state index contributed by atoms with van der Waals surface area (Å²) in [4.78, 5) is 40.0. The minimum atomic E-state index is -0.673. The number of methoxy groups -OCH3 is 1. The van der Waals surface area contributed by atoms with E-state index in [1.54, 1.807) is 29.2 Å². The lowest BCUT2D eigenvalue weighted by atomic mass is 9.88. The molecule has 4 rings (SSSR count). The van der Waals surface area contributed by atoms with Crippen LogP contribution in [0.25, 0.3) is 0 Å². The lowest BCUT2D eigenvalue weighted by Gasteiger charge is -2.35. The fourth-order valence-corrected chi connectivity index (χ4v) is 4.59. The smallest absolute Gasteiger partial charge is 0.328 e. The molecule has 0 radical (unpaired) electrons. The van der Waals surface area contributed by atoms with Gasteiger partial charge in [0.1, 0.15) is 6.04 Å². The van der Waals surface area contributed by atoms with Gasteiger partial charge >= 0.3 is 5.97 Å². The van der Waals surface area contributed by atoms with Crippen molar-refractivity contribution in [2.24, 2.45) is 5.92 Å². The van der Waals surface area contributed by atoms with Gasteiger partial charge in [-0.05, 0) is 42.2 Å². The summed E-state index contributed by atoms with van der Waals surface area (Å²) in [5.41, 5.74) is 3.12. The summed E-state index contributed by atoms with van der Waals surface area (Å²) in [5.74, 6) is -0.623. The standard InChI is InChI=1S/C25H28N2O4/c1-31-25(30)22-15-18-10-5-6-11-20(18)16-27(22)24(29)19-12-7-13-21(14-19)26-23(28)17-8-3-2-4-9-17/h5-7,10-14,17,22H,2-4,8-9,15-16H2,1H3,(H,26,28). The van der Waals surface area contributed by atoms with Gasteiger partial charge in [0, 0.05) is 30.1 Å². The highest BCUT2D eigenvalue weighted by Gasteiger charge is 2.35. The quantitative estimate of drug-likeness (QED) is 0.760. The number of ether oxygens (including phenoxy) is 1. The molecule has 2 aliphatic rings. The normalized spacial score (nSPS) is 18.7. The maximum Gasteiger partial charge on any atom is 0.328 e. The van der Waals surface area contributed by atoms with E-state index in [0.717, 1.165) is 36.8 Å². The third kappa shape index (κ3) is 4.63. The first-order chi connectivity index (χ1) is 15.1. The minimum Gasteiger partial charge on any atom is -0.467 e. The number of carbonyl (C=O) groups is 3. The van der Waals surface area contributed by atoms with E-state index < -0.39 is 12.0 Å². The molecule has 6 nitrogen and oxygen atoms in total. The van der Waals surface area contributed by atoms with Crippen molar-refractivity contribution in [3.63, 3.8) is 0 Å². The van der Waals surface area contributed by atoms with Crippen molar-refractivity contribution in [1.82, 2.24) is 4.90 Å². The summed E-state index contributed by atoms with van der Waals surface area (Å²) < 4.78 is 4.97. The SMILES string of the molecule is COC(=O)C1Cc2ccccc2CN1C(=O)c1cccc(NC(=O)C2CCCCC2)c1. The molecule has 162 valence electrons. The fourth-order valence-electron chi connectivity index (χ4n) is 4.59. The number of nitrogens with zero attached hydrogens (tertiary/aromatic N) is 1. The minimum absolute atomic E-state index is 0.0173. The predicted octanol–water partition coefficient (Wildman–Crippen LogP) is 3.95. The first-order valence-electron chi connectivity index (χ1n) is 10.9. The van der Waals surface area contributed by atoms with Gasteiger partial charge in [0.25, 0.3) is 5.91 Å². The predicted molar refractivity (Wildman–Crippen MR) is 117 cm³/mol. The van der Waals surface area contributed by atoms with Gasteiger partial charge in [-0.2, -0.15) is 0 Å². The van der Waals surface area contributed by atoms with Crippen molar-refractivity contribution in [2.45, 2.75) is 51.1 Å². The van der Waals surface area contributed by atoms with Crippen LogP contribution in [0.5, 0.6) is 0 Å². The Kier molecular flexibility index (Phi) is 6.35. The van der Waals surface area contributed by atoms with Gasteiger partial charge in [0.15, 0.2) is 0 Å². The van der Waals surface area contributed by atoms with Gasteiger partial charge in [0.2, 0.25) is 5.91 Å². The molecular formula is C25H28N2O4. The van der Waals surface area contributed by atoms with Crippen LogP contribution in [0, 0.1) is 5.92 Å². The Morgan fingerprint density at radius 3 is 2.45 bits per heavy atom. The lowest BCUT2D eigenvalue weighted by molar-refractivity contribution is -0.146. The highest BCUT2D eigenvalue weighted by atomic mass is 16.5. The van der Waals surface area contributed by atoms with Crippen LogP contribution < -0.4 is 5.32 Å². The molecule has 1 N–H and O–H groups in total. The zero-order valence-corrected chi connectivity index (χ0v) is 17.8. The summed E-state index contributed by atoms with van der Waals surface area (Å²) in [6.45, 7) is 0.341. The summed E-state index contributed by atoms with van der Waals surface area (Å²) in [7, 11) is 1.34. The molecule has 2 aromatic rings. The molecule has 0 bridgehead atoms. The fraction of sp³-hybridized carbons (Fsp3) is 0.400. The van der Waals surface area contributed by atoms with Gasteiger partial charge in [-0.15, -0.1) is 0 Å². The number of benzene rings is 2. The molecule has 31 heavy (non-hydrogen) atoms. The van der Waals surface area contributed by atoms with Crippen LogP contribution in [0.4, 0.5) is 5.69 Å². The van der Waals surface area contributed by atoms with Gasteiger partial charge in [-0.25, -0.2) is 4.79 Å². The van der Waals surface area contributed by atoms with Crippen LogP contribution in [0.15, 0.2) is 48.5 Å². The van der Waals surface area contributed by atoms with Crippen LogP contribution in [-0.2, 0) is 27.3 Å². The maximum absolute atomic E-state index is 13.4. The zero-order chi connectivity index (χ0) is 21.8. The number of hydrogen-bond acceptors (Lipinski definition) is 4. The summed E-state index contributed by atoms with van der Waals surface area (Å²) in [5, 5.41) is 2.97. The second-order valence-electron chi connectivity index (χ2n) is 8.35. The van der Waals surface area contributed by atoms with Gasteiger partial charge < -0.3 is 15.0 Å². The monoisotopic (exact) mass is 420 g/mol. The van der Waals surface area contributed by atoms with Crippen LogP contribution in [0.3, 0.4) is 0 Å². The maximum atomic E-state index is 13.4. The molecule has 0 aromatic heterocycles. The summed E-state index contributed by atoms with van der Waals surface area (Å²) in [6, 6.07) is 14.1. The van der Waals surface area contributed by atoms with Crippen LogP contribution in [0.1, 0.15) is 53.6 Å². The largest absolute Gasteiger partial charge is 0.467 e. The average Bonchev–Trinajstić information content (AvgIpc) is 2.83. The molecule has 2 aromatic carbocycles. The first-order valence-corrected chi connectivity index (χ1v) is 10.9. The van der Waals surface area contributed by atoms with Crippen molar-refractivity contribution in [2.75, 3.05) is 12.4 Å². The third-order valence-corrected chi connectivity index (χ3v) is 6.34. The lowest BCUT2D eigenvalue weighted by Crippen LogP contribution is -2.49. The van der Waals surface area contributed by atoms with E-state index in [1.165, 1.54) is 13.5 Å². The van der Waals surface area contributed by atoms with E-state index in [2.05, 4.69) is 5.32 Å². The average molecular weight is 421 g/mol. The first kappa shape index (κ1) is 21.1. The van der Waals surface area contributed by atoms with Crippen molar-refractivity contribution in [1.29, 1.82) is 0 Å². The Morgan fingerprint density at radius 1 is 0.968 bits per heavy atom. The molecule has 1 fully saturated rings. The van der Waals surface area contributed by atoms with E-state index in [1.807, 2.05) is 24.3 Å². The second-order valence-corrected chi connectivity index (χ2v) is 8.35. The van der Waals surface area contributed by atoms with Crippen molar-refractivity contribution >= 4 is 23.5 Å². The Bertz CT molecular complexity index is 981. The van der Waals surface area contributed by atoms with Crippen LogP contribution >= 0.6 is 0 Å². The number of amides is 2. The molecule has 2 amide bonds. The van der Waals surface area contributed by atoms with Crippen molar-refractivity contribution in [3.8, 4) is 0 Å². The molecule has 1 saturated carbocycles. The number of hydrogen-bond donors (Lipinski definition) is 1. The van der Waals surface area contributed by atoms with Gasteiger partial charge in [0.05, 0.1) is 7.11 Å². The zero-order valence-electron chi connectivity index (χ0n) is 17.8. The van der Waals surface area contributed by atoms with Crippen LogP contribution in [-0.4, -0.2) is 35.8 Å². The number of rotatable bonds is 4. The number of esters is 1. The second kappa shape index (κ2) is 9.33. The number of nitrogens with one attached hydrogen (secondary N) is 1. The summed E-state index contributed by atoms with van der Waals surface area (Å²) >= 11 is 0. The van der Waals surface area contributed by atoms with Gasteiger partial charge in [-0.1, -0.05) is 49.6 Å². The van der Waals surface area contributed by atoms with E-state index in [9.17, 15) is 14.4 Å². The Balaban J connectivity index is 1.54. The Hall–Kier alpha value is -3.15. The molecule has 1 atom stereocenters. The van der Waals surface area contributed by atoms with E-state index in [-0.39, 0.29) is 17.7 Å². The topological polar surface area (TPSA) is 75.7 Å². The van der Waals surface area contributed by atoms with Gasteiger partial charge in [-0.3, -0.25) is 9.59 Å². The molecule has 0 spiro atoms. The number of anilines is 1.